The zero-order chi connectivity index (χ0) is 14.4. The van der Waals surface area contributed by atoms with E-state index in [9.17, 15) is 0 Å². The molecule has 4 aromatic rings. The SMILES string of the molecule is Cc1cccc2c(-c3ccccc3)[c-][n+]3ccn(C)c3c12. The smallest absolute Gasteiger partial charge is 0.222 e. The monoisotopic (exact) mass is 272 g/mol. The van der Waals surface area contributed by atoms with Crippen molar-refractivity contribution in [2.24, 2.45) is 7.05 Å². The number of rotatable bonds is 1. The van der Waals surface area contributed by atoms with Gasteiger partial charge in [0.05, 0.1) is 25.6 Å². The van der Waals surface area contributed by atoms with Crippen molar-refractivity contribution < 1.29 is 4.40 Å². The van der Waals surface area contributed by atoms with Gasteiger partial charge in [-0.2, -0.15) is 0 Å². The van der Waals surface area contributed by atoms with Crippen LogP contribution >= 0.6 is 0 Å². The molecule has 0 bridgehead atoms. The number of hydrogen-bond acceptors (Lipinski definition) is 0. The summed E-state index contributed by atoms with van der Waals surface area (Å²) in [5.41, 5.74) is 4.82. The Bertz CT molecular complexity index is 950. The molecule has 2 heteroatoms. The van der Waals surface area contributed by atoms with Gasteiger partial charge in [-0.25, -0.2) is 0 Å². The van der Waals surface area contributed by atoms with E-state index in [0.29, 0.717) is 0 Å². The van der Waals surface area contributed by atoms with E-state index < -0.39 is 0 Å². The number of pyridine rings is 1. The summed E-state index contributed by atoms with van der Waals surface area (Å²) >= 11 is 0. The molecule has 0 saturated heterocycles. The van der Waals surface area contributed by atoms with Crippen molar-refractivity contribution in [3.05, 3.63) is 72.7 Å². The lowest BCUT2D eigenvalue weighted by Crippen LogP contribution is -2.20. The molecule has 0 amide bonds. The molecule has 2 aromatic heterocycles. The minimum atomic E-state index is 1.15. The summed E-state index contributed by atoms with van der Waals surface area (Å²) in [4.78, 5) is 0. The zero-order valence-electron chi connectivity index (χ0n) is 12.2. The van der Waals surface area contributed by atoms with Gasteiger partial charge in [-0.1, -0.05) is 70.6 Å². The lowest BCUT2D eigenvalue weighted by Gasteiger charge is -2.14. The van der Waals surface area contributed by atoms with Gasteiger partial charge in [-0.05, 0) is 6.92 Å². The van der Waals surface area contributed by atoms with Crippen LogP contribution in [0.25, 0.3) is 27.5 Å². The first-order valence-corrected chi connectivity index (χ1v) is 7.12. The van der Waals surface area contributed by atoms with E-state index in [2.05, 4.69) is 84.0 Å². The maximum Gasteiger partial charge on any atom is 0.222 e. The van der Waals surface area contributed by atoms with Gasteiger partial charge in [-0.3, -0.25) is 8.97 Å². The van der Waals surface area contributed by atoms with Crippen molar-refractivity contribution in [1.29, 1.82) is 0 Å². The summed E-state index contributed by atoms with van der Waals surface area (Å²) in [5, 5.41) is 2.55. The Labute approximate surface area is 123 Å². The first kappa shape index (κ1) is 12.2. The molecule has 0 fully saturated rings. The fourth-order valence-corrected chi connectivity index (χ4v) is 3.04. The molecule has 0 aliphatic rings. The van der Waals surface area contributed by atoms with E-state index >= 15 is 0 Å². The first-order valence-electron chi connectivity index (χ1n) is 7.12. The second-order valence-electron chi connectivity index (χ2n) is 5.45. The molecular weight excluding hydrogens is 256 g/mol. The van der Waals surface area contributed by atoms with Crippen LogP contribution in [0.1, 0.15) is 5.56 Å². The molecular formula is C19H16N2. The van der Waals surface area contributed by atoms with E-state index in [4.69, 9.17) is 0 Å². The molecule has 0 N–H and O–H groups in total. The van der Waals surface area contributed by atoms with Gasteiger partial charge in [0.2, 0.25) is 5.65 Å². The zero-order valence-corrected chi connectivity index (χ0v) is 12.2. The van der Waals surface area contributed by atoms with Gasteiger partial charge in [0.15, 0.2) is 0 Å². The van der Waals surface area contributed by atoms with Crippen molar-refractivity contribution >= 4 is 16.4 Å². The molecule has 0 atom stereocenters. The van der Waals surface area contributed by atoms with E-state index in [-0.39, 0.29) is 0 Å². The fourth-order valence-electron chi connectivity index (χ4n) is 3.04. The van der Waals surface area contributed by atoms with E-state index in [0.717, 1.165) is 5.56 Å². The van der Waals surface area contributed by atoms with Gasteiger partial charge in [0, 0.05) is 5.39 Å². The lowest BCUT2D eigenvalue weighted by molar-refractivity contribution is -0.513. The Morgan fingerprint density at radius 2 is 1.81 bits per heavy atom. The number of aryl methyl sites for hydroxylation is 2. The van der Waals surface area contributed by atoms with Gasteiger partial charge in [0.25, 0.3) is 0 Å². The van der Waals surface area contributed by atoms with Crippen LogP contribution in [0.3, 0.4) is 0 Å². The van der Waals surface area contributed by atoms with Crippen LogP contribution in [0.15, 0.2) is 60.9 Å². The van der Waals surface area contributed by atoms with Crippen LogP contribution in [-0.2, 0) is 7.05 Å². The number of imidazole rings is 1. The summed E-state index contributed by atoms with van der Waals surface area (Å²) < 4.78 is 4.25. The highest BCUT2D eigenvalue weighted by atomic mass is 15.1. The highest BCUT2D eigenvalue weighted by molar-refractivity contribution is 6.03. The van der Waals surface area contributed by atoms with Crippen molar-refractivity contribution in [3.8, 4) is 11.1 Å². The normalized spacial score (nSPS) is 11.3. The summed E-state index contributed by atoms with van der Waals surface area (Å²) in [6.07, 6.45) is 7.67. The number of benzene rings is 2. The van der Waals surface area contributed by atoms with Crippen LogP contribution in [0, 0.1) is 13.1 Å². The topological polar surface area (TPSA) is 9.03 Å². The molecule has 2 heterocycles. The highest BCUT2D eigenvalue weighted by Gasteiger charge is 2.11. The average Bonchev–Trinajstić information content (AvgIpc) is 2.89. The molecule has 0 aliphatic heterocycles. The fraction of sp³-hybridized carbons (Fsp3) is 0.105. The van der Waals surface area contributed by atoms with Gasteiger partial charge >= 0.3 is 0 Å². The molecule has 102 valence electrons. The van der Waals surface area contributed by atoms with E-state index in [1.54, 1.807) is 0 Å². The van der Waals surface area contributed by atoms with Crippen molar-refractivity contribution in [3.63, 3.8) is 0 Å². The Balaban J connectivity index is 2.24. The predicted octanol–water partition coefficient (Wildman–Crippen LogP) is 3.69. The van der Waals surface area contributed by atoms with Crippen LogP contribution in [-0.4, -0.2) is 4.57 Å². The van der Waals surface area contributed by atoms with Crippen molar-refractivity contribution in [2.75, 3.05) is 0 Å². The first-order chi connectivity index (χ1) is 10.3. The molecule has 0 unspecified atom stereocenters. The molecule has 0 radical (unpaired) electrons. The maximum absolute atomic E-state index is 3.53. The summed E-state index contributed by atoms with van der Waals surface area (Å²) in [6.45, 7) is 2.17. The number of nitrogens with zero attached hydrogens (tertiary/aromatic N) is 2. The molecule has 0 aliphatic carbocycles. The lowest BCUT2D eigenvalue weighted by atomic mass is 9.98. The highest BCUT2D eigenvalue weighted by Crippen LogP contribution is 2.30. The average molecular weight is 272 g/mol. The Morgan fingerprint density at radius 3 is 2.62 bits per heavy atom. The Kier molecular flexibility index (Phi) is 2.58. The van der Waals surface area contributed by atoms with Crippen LogP contribution in [0.5, 0.6) is 0 Å². The number of aromatic nitrogens is 2. The van der Waals surface area contributed by atoms with Gasteiger partial charge < -0.3 is 0 Å². The molecule has 2 nitrogen and oxygen atoms in total. The minimum Gasteiger partial charge on any atom is -0.295 e. The molecule has 0 spiro atoms. The third kappa shape index (κ3) is 1.76. The largest absolute Gasteiger partial charge is 0.295 e. The predicted molar refractivity (Wildman–Crippen MR) is 85.1 cm³/mol. The summed E-state index contributed by atoms with van der Waals surface area (Å²) in [7, 11) is 2.08. The van der Waals surface area contributed by atoms with Crippen molar-refractivity contribution in [2.45, 2.75) is 6.92 Å². The van der Waals surface area contributed by atoms with E-state index in [1.807, 2.05) is 6.07 Å². The van der Waals surface area contributed by atoms with Crippen molar-refractivity contribution in [1.82, 2.24) is 4.57 Å². The second kappa shape index (κ2) is 4.45. The van der Waals surface area contributed by atoms with Crippen LogP contribution < -0.4 is 4.40 Å². The molecule has 21 heavy (non-hydrogen) atoms. The standard InChI is InChI=1S/C19H16N2/c1-14-7-6-10-16-17(15-8-4-3-5-9-15)13-21-12-11-20(2)19(21)18(14)16/h3-12H,1-2H3. The molecule has 4 rings (SSSR count). The van der Waals surface area contributed by atoms with Crippen LogP contribution in [0.2, 0.25) is 0 Å². The third-order valence-corrected chi connectivity index (χ3v) is 4.06. The number of fused-ring (bicyclic) bond motifs is 3. The third-order valence-electron chi connectivity index (χ3n) is 4.06. The quantitative estimate of drug-likeness (QED) is 0.369. The molecule has 2 aromatic carbocycles. The minimum absolute atomic E-state index is 1.15. The van der Waals surface area contributed by atoms with Gasteiger partial charge in [-0.15, -0.1) is 0 Å². The summed E-state index contributed by atoms with van der Waals surface area (Å²) in [5.74, 6) is 0. The van der Waals surface area contributed by atoms with Crippen LogP contribution in [0.4, 0.5) is 0 Å². The second-order valence-corrected chi connectivity index (χ2v) is 5.45. The maximum atomic E-state index is 3.53. The van der Waals surface area contributed by atoms with E-state index in [1.165, 1.54) is 27.5 Å². The summed E-state index contributed by atoms with van der Waals surface area (Å²) in [6, 6.07) is 17.0. The number of hydrogen-bond donors (Lipinski definition) is 0. The van der Waals surface area contributed by atoms with Gasteiger partial charge in [0.1, 0.15) is 0 Å². The Morgan fingerprint density at radius 1 is 1.00 bits per heavy atom. The molecule has 0 saturated carbocycles. The Hall–Kier alpha value is -2.61.